The van der Waals surface area contributed by atoms with Crippen LogP contribution in [0.15, 0.2) is 147 Å². The van der Waals surface area contributed by atoms with Crippen LogP contribution in [0.1, 0.15) is 36.5 Å². The average molecular weight is 1140 g/mol. The van der Waals surface area contributed by atoms with E-state index in [4.69, 9.17) is 98.7 Å². The van der Waals surface area contributed by atoms with Gasteiger partial charge in [-0.25, -0.2) is 24.1 Å². The maximum absolute atomic E-state index is 11.9. The van der Waals surface area contributed by atoms with Gasteiger partial charge in [-0.2, -0.15) is 10.2 Å². The Morgan fingerprint density at radius 2 is 1.60 bits per heavy atom. The minimum Gasteiger partial charge on any atom is -0.472 e. The Labute approximate surface area is 462 Å². The second kappa shape index (κ2) is 24.8. The van der Waals surface area contributed by atoms with Crippen LogP contribution in [-0.2, 0) is 51.0 Å². The van der Waals surface area contributed by atoms with E-state index in [9.17, 15) is 9.90 Å². The number of aliphatic hydroxyl groups is 1. The third-order valence-electron chi connectivity index (χ3n) is 11.9. The van der Waals surface area contributed by atoms with Crippen molar-refractivity contribution in [2.24, 2.45) is 0 Å². The molecule has 1 saturated carbocycles. The van der Waals surface area contributed by atoms with E-state index in [1.807, 2.05) is 67.6 Å². The number of aromatic amines is 1. The van der Waals surface area contributed by atoms with Crippen LogP contribution in [0.25, 0.3) is 5.69 Å². The monoisotopic (exact) mass is 1140 g/mol. The molecule has 2 aliphatic rings. The predicted octanol–water partition coefficient (Wildman–Crippen LogP) is 12.2. The van der Waals surface area contributed by atoms with Gasteiger partial charge in [-0.15, -0.1) is 16.7 Å². The number of carbonyl (C=O) groups excluding carboxylic acids is 1. The largest absolute Gasteiger partial charge is 0.472 e. The first-order valence-corrected chi connectivity index (χ1v) is 25.5. The van der Waals surface area contributed by atoms with Crippen molar-refractivity contribution in [2.75, 3.05) is 25.9 Å². The first kappa shape index (κ1) is 55.2. The van der Waals surface area contributed by atoms with Crippen molar-refractivity contribution in [3.63, 3.8) is 0 Å². The normalized spacial score (nSPS) is 17.1. The Bertz CT molecular complexity index is 3220. The molecule has 23 heteroatoms. The van der Waals surface area contributed by atoms with Crippen molar-refractivity contribution < 1.29 is 38.4 Å². The molecule has 1 aliphatic heterocycles. The molecule has 75 heavy (non-hydrogen) atoms. The van der Waals surface area contributed by atoms with Gasteiger partial charge in [-0.1, -0.05) is 82.8 Å². The summed E-state index contributed by atoms with van der Waals surface area (Å²) >= 11 is 36.3. The number of nitrogens with zero attached hydrogens (tertiary/aromatic N) is 8. The van der Waals surface area contributed by atoms with Gasteiger partial charge in [-0.3, -0.25) is 14.6 Å². The number of hydroxylamine groups is 1. The van der Waals surface area contributed by atoms with Crippen LogP contribution in [0.4, 0.5) is 10.5 Å². The molecule has 3 aromatic heterocycles. The van der Waals surface area contributed by atoms with Gasteiger partial charge >= 0.3 is 6.09 Å². The van der Waals surface area contributed by atoms with Crippen LogP contribution in [0.2, 0.25) is 20.1 Å². The Morgan fingerprint density at radius 3 is 2.21 bits per heavy atom. The highest BCUT2D eigenvalue weighted by atomic mass is 35.5. The zero-order chi connectivity index (χ0) is 53.2. The molecule has 392 valence electrons. The number of carbonyl (C=O) groups is 1. The van der Waals surface area contributed by atoms with Crippen LogP contribution >= 0.6 is 70.2 Å². The summed E-state index contributed by atoms with van der Waals surface area (Å²) in [6.45, 7) is 3.22. The molecule has 3 unspecified atom stereocenters. The lowest BCUT2D eigenvalue weighted by atomic mass is 9.89. The topological polar surface area (TPSA) is 178 Å². The lowest BCUT2D eigenvalue weighted by molar-refractivity contribution is -0.186. The summed E-state index contributed by atoms with van der Waals surface area (Å²) in [6.07, 6.45) is 7.61. The van der Waals surface area contributed by atoms with Gasteiger partial charge in [0.2, 0.25) is 16.4 Å². The number of halogens is 5. The number of amides is 1. The number of methoxy groups -OCH3 is 1. The fourth-order valence-electron chi connectivity index (χ4n) is 7.99. The number of anilines is 1. The van der Waals surface area contributed by atoms with E-state index in [2.05, 4.69) is 25.3 Å². The molecule has 2 N–H and O–H groups in total. The number of alkyl halides is 1. The minimum atomic E-state index is -1.13. The quantitative estimate of drug-likeness (QED) is 0.0531. The fourth-order valence-corrected chi connectivity index (χ4v) is 9.15. The highest BCUT2D eigenvalue weighted by Gasteiger charge is 2.58. The van der Waals surface area contributed by atoms with Gasteiger partial charge in [0.05, 0.1) is 54.7 Å². The van der Waals surface area contributed by atoms with Gasteiger partial charge in [0.15, 0.2) is 0 Å². The van der Waals surface area contributed by atoms with E-state index in [0.717, 1.165) is 34.7 Å². The first-order valence-electron chi connectivity index (χ1n) is 23.2. The summed E-state index contributed by atoms with van der Waals surface area (Å²) in [4.78, 5) is 24.3. The molecule has 2 fully saturated rings. The third kappa shape index (κ3) is 13.9. The van der Waals surface area contributed by atoms with E-state index >= 15 is 0 Å². The highest BCUT2D eigenvalue weighted by molar-refractivity contribution is 7.71. The number of ether oxygens (including phenoxy) is 5. The Balaban J connectivity index is 0.000000151. The molecule has 1 saturated heterocycles. The molecule has 0 radical (unpaired) electrons. The number of benzene rings is 5. The number of H-pyrrole nitrogens is 1. The lowest BCUT2D eigenvalue weighted by Gasteiger charge is -2.33. The summed E-state index contributed by atoms with van der Waals surface area (Å²) in [5.41, 5.74) is 2.59. The average Bonchev–Trinajstić information content (AvgIpc) is 3.91. The van der Waals surface area contributed by atoms with Gasteiger partial charge < -0.3 is 28.8 Å². The summed E-state index contributed by atoms with van der Waals surface area (Å²) in [6, 6.07) is 36.3. The number of hydrogen-bond donors (Lipinski definition) is 2. The summed E-state index contributed by atoms with van der Waals surface area (Å²) < 4.78 is 33.8. The Morgan fingerprint density at radius 1 is 0.907 bits per heavy atom. The zero-order valence-electron chi connectivity index (χ0n) is 40.6. The van der Waals surface area contributed by atoms with Gasteiger partial charge in [-0.05, 0) is 116 Å². The highest BCUT2D eigenvalue weighted by Crippen LogP contribution is 2.53. The predicted molar refractivity (Wildman–Crippen MR) is 288 cm³/mol. The smallest absolute Gasteiger partial charge is 0.438 e. The molecular formula is C52H50Cl5N9O8S. The fraction of sp³-hybridized carbons (Fsp3) is 0.269. The lowest BCUT2D eigenvalue weighted by Crippen LogP contribution is -2.47. The maximum Gasteiger partial charge on any atom is 0.438 e. The second-order valence-corrected chi connectivity index (χ2v) is 20.0. The Kier molecular flexibility index (Phi) is 18.2. The van der Waals surface area contributed by atoms with E-state index in [0.29, 0.717) is 73.1 Å². The molecule has 8 aromatic rings. The maximum atomic E-state index is 11.9. The van der Waals surface area contributed by atoms with Crippen molar-refractivity contribution >= 4 is 82.0 Å². The zero-order valence-corrected chi connectivity index (χ0v) is 45.2. The second-order valence-electron chi connectivity index (χ2n) is 17.2. The van der Waals surface area contributed by atoms with Crippen LogP contribution < -0.4 is 14.5 Å². The minimum absolute atomic E-state index is 0.0606. The molecule has 5 aromatic carbocycles. The summed E-state index contributed by atoms with van der Waals surface area (Å²) in [5, 5.41) is 26.1. The van der Waals surface area contributed by atoms with Crippen molar-refractivity contribution in [1.82, 2.24) is 39.3 Å². The van der Waals surface area contributed by atoms with Crippen molar-refractivity contribution in [2.45, 2.75) is 68.2 Å². The van der Waals surface area contributed by atoms with Gasteiger partial charge in [0.25, 0.3) is 0 Å². The van der Waals surface area contributed by atoms with Crippen LogP contribution in [-0.4, -0.2) is 87.9 Å². The number of aromatic nitrogens is 8. The van der Waals surface area contributed by atoms with Gasteiger partial charge in [0, 0.05) is 44.9 Å². The van der Waals surface area contributed by atoms with Crippen LogP contribution in [0, 0.1) is 4.77 Å². The molecule has 10 rings (SSSR count). The van der Waals surface area contributed by atoms with Gasteiger partial charge in [0.1, 0.15) is 49.2 Å². The molecule has 4 heterocycles. The van der Waals surface area contributed by atoms with Crippen molar-refractivity contribution in [1.29, 1.82) is 0 Å². The number of para-hydroxylation sites is 1. The van der Waals surface area contributed by atoms with Crippen molar-refractivity contribution in [3.05, 3.63) is 188 Å². The molecule has 17 nitrogen and oxygen atoms in total. The van der Waals surface area contributed by atoms with E-state index in [1.165, 1.54) is 26.9 Å². The summed E-state index contributed by atoms with van der Waals surface area (Å²) in [7, 11) is 2.68. The molecule has 1 amide bonds. The van der Waals surface area contributed by atoms with Crippen LogP contribution in [0.3, 0.4) is 0 Å². The van der Waals surface area contributed by atoms with Crippen LogP contribution in [0.5, 0.6) is 17.4 Å². The number of nitrogens with one attached hydrogen (secondary N) is 1. The summed E-state index contributed by atoms with van der Waals surface area (Å²) in [5.74, 6) is 0.695. The van der Waals surface area contributed by atoms with E-state index in [-0.39, 0.29) is 19.3 Å². The van der Waals surface area contributed by atoms with E-state index in [1.54, 1.807) is 87.2 Å². The Hall–Kier alpha value is -6.03. The molecular weight excluding hydrogens is 1090 g/mol. The first-order chi connectivity index (χ1) is 36.1. The number of rotatable bonds is 16. The molecule has 3 atom stereocenters. The third-order valence-corrected chi connectivity index (χ3v) is 14.2. The standard InChI is InChI=1S/C19H17Cl2N3O3.C19H18ClN3O4.C14H15Cl2N3OS/c1-13-9-25-19(27-13,10-24-12-22-11-23-24)17-7-6-16(8-18(17)21)26-15-4-2-14(20)3-5-15;1-25-19(24)23(26-2)17-6-4-3-5-14(17)13-27-18-11-12-22(21-18)16-9-7-15(20)8-10-16;15-11-4-2-1-3-10(11)7-14(20,13(16)5-6-13)8-19-12(21)17-9-18-19/h2-8,11-13H,9-10H2,1H3;3-12H,13H2,1-2H3;1-4,9,20H,5-8H2,(H,17,18,21). The number of hydrogen-bond acceptors (Lipinski definition) is 13. The van der Waals surface area contributed by atoms with Crippen molar-refractivity contribution in [3.8, 4) is 23.1 Å². The molecule has 0 spiro atoms. The van der Waals surface area contributed by atoms with E-state index < -0.39 is 22.4 Å². The molecule has 0 bridgehead atoms. The SMILES string of the molecule is CC1COC(Cn2cncn2)(c2ccc(Oc3ccc(Cl)cc3)cc2Cl)O1.COC(=O)N(OC)c1ccccc1COc1ccn(-c2ccc(Cl)cc2)n1.OC(Cc1ccccc1Cl)(Cn1[nH]cnc1=S)C1(Cl)CC1. The molecule has 1 aliphatic carbocycles.